The van der Waals surface area contributed by atoms with Crippen molar-refractivity contribution >= 4 is 34.7 Å². The van der Waals surface area contributed by atoms with E-state index in [0.717, 1.165) is 0 Å². The summed E-state index contributed by atoms with van der Waals surface area (Å²) in [5.74, 6) is -2.36. The molecule has 0 bridgehead atoms. The van der Waals surface area contributed by atoms with Crippen LogP contribution in [-0.2, 0) is 0 Å². The van der Waals surface area contributed by atoms with Crippen LogP contribution in [0.5, 0.6) is 0 Å². The molecule has 0 saturated carbocycles. The van der Waals surface area contributed by atoms with Crippen LogP contribution in [0.25, 0.3) is 0 Å². The molecule has 0 heterocycles. The van der Waals surface area contributed by atoms with Crippen molar-refractivity contribution in [2.75, 3.05) is 0 Å². The van der Waals surface area contributed by atoms with Crippen LogP contribution >= 0.6 is 0 Å². The van der Waals surface area contributed by atoms with E-state index in [1.807, 2.05) is 0 Å². The summed E-state index contributed by atoms with van der Waals surface area (Å²) in [6, 6.07) is 5.70. The molecule has 0 N–H and O–H groups in total. The van der Waals surface area contributed by atoms with Crippen LogP contribution in [-0.4, -0.2) is 34.7 Å². The van der Waals surface area contributed by atoms with E-state index >= 15 is 0 Å². The molecule has 0 amide bonds. The Morgan fingerprint density at radius 2 is 0.710 bits per heavy atom. The van der Waals surface area contributed by atoms with Gasteiger partial charge in [0.1, 0.15) is 0 Å². The first kappa shape index (κ1) is 23.7. The number of rotatable bonds is 8. The van der Waals surface area contributed by atoms with E-state index in [4.69, 9.17) is 0 Å². The van der Waals surface area contributed by atoms with Crippen LogP contribution in [0, 0.1) is 6.42 Å². The number of hydrogen-bond acceptors (Lipinski definition) is 6. The Labute approximate surface area is 180 Å². The fraction of sp³-hybridized carbons (Fsp3) is 0.240. The molecule has 0 fully saturated rings. The summed E-state index contributed by atoms with van der Waals surface area (Å²) in [4.78, 5) is 73.9. The van der Waals surface area contributed by atoms with Crippen molar-refractivity contribution in [3.63, 3.8) is 0 Å². The third kappa shape index (κ3) is 4.63. The van der Waals surface area contributed by atoms with Crippen molar-refractivity contribution in [2.45, 2.75) is 41.5 Å². The first-order valence-electron chi connectivity index (χ1n) is 9.62. The Morgan fingerprint density at radius 3 is 0.935 bits per heavy atom. The number of carbonyl (C=O) groups excluding carboxylic acids is 6. The maximum Gasteiger partial charge on any atom is 0.160 e. The van der Waals surface area contributed by atoms with Crippen molar-refractivity contribution in [3.05, 3.63) is 75.2 Å². The molecule has 0 aromatic heterocycles. The molecule has 2 aromatic carbocycles. The monoisotopic (exact) mass is 419 g/mol. The fourth-order valence-corrected chi connectivity index (χ4v) is 3.64. The number of carbonyl (C=O) groups is 6. The molecule has 0 aliphatic carbocycles. The highest BCUT2D eigenvalue weighted by molar-refractivity contribution is 6.14. The predicted octanol–water partition coefficient (Wildman–Crippen LogP) is 4.50. The van der Waals surface area contributed by atoms with Crippen molar-refractivity contribution in [2.24, 2.45) is 0 Å². The minimum Gasteiger partial charge on any atom is -0.295 e. The van der Waals surface area contributed by atoms with Crippen LogP contribution < -0.4 is 0 Å². The Bertz CT molecular complexity index is 1080. The Morgan fingerprint density at radius 1 is 0.452 bits per heavy atom. The molecule has 2 rings (SSSR count). The lowest BCUT2D eigenvalue weighted by molar-refractivity contribution is 0.0978. The van der Waals surface area contributed by atoms with Gasteiger partial charge in [-0.25, -0.2) is 0 Å². The molecule has 6 heteroatoms. The molecule has 0 aliphatic heterocycles. The largest absolute Gasteiger partial charge is 0.295 e. The molecular formula is C25H23O6. The van der Waals surface area contributed by atoms with Crippen LogP contribution in [0.4, 0.5) is 0 Å². The van der Waals surface area contributed by atoms with E-state index in [9.17, 15) is 28.8 Å². The zero-order chi connectivity index (χ0) is 23.6. The molecule has 0 unspecified atom stereocenters. The average molecular weight is 419 g/mol. The summed E-state index contributed by atoms with van der Waals surface area (Å²) >= 11 is 0. The van der Waals surface area contributed by atoms with Crippen molar-refractivity contribution < 1.29 is 28.8 Å². The number of Topliss-reactive ketones (excluding diaryl/α,β-unsaturated/α-hetero) is 6. The summed E-state index contributed by atoms with van der Waals surface area (Å²) in [7, 11) is 0. The lowest BCUT2D eigenvalue weighted by Crippen LogP contribution is -2.16. The maximum absolute atomic E-state index is 12.5. The van der Waals surface area contributed by atoms with Gasteiger partial charge in [0.05, 0.1) is 0 Å². The molecule has 0 atom stereocenters. The Balaban J connectivity index is 3.02. The van der Waals surface area contributed by atoms with E-state index in [0.29, 0.717) is 0 Å². The molecular weight excluding hydrogens is 396 g/mol. The second kappa shape index (κ2) is 9.08. The van der Waals surface area contributed by atoms with Gasteiger partial charge in [0.15, 0.2) is 34.7 Å². The third-order valence-corrected chi connectivity index (χ3v) is 5.00. The molecule has 6 nitrogen and oxygen atoms in total. The van der Waals surface area contributed by atoms with E-state index in [1.165, 1.54) is 72.2 Å². The van der Waals surface area contributed by atoms with Crippen LogP contribution in [0.2, 0.25) is 0 Å². The van der Waals surface area contributed by atoms with Crippen molar-refractivity contribution in [1.82, 2.24) is 0 Å². The smallest absolute Gasteiger partial charge is 0.160 e. The fourth-order valence-electron chi connectivity index (χ4n) is 3.64. The summed E-state index contributed by atoms with van der Waals surface area (Å²) in [5, 5.41) is 0. The molecule has 0 saturated heterocycles. The SMILES string of the molecule is CC(=O)c1ccc(C(C)=O)c(C(C)=O)c1[CH]c1c(C(C)=O)ccc(C(C)=O)c1C(C)=O. The first-order valence-corrected chi connectivity index (χ1v) is 9.62. The van der Waals surface area contributed by atoms with Crippen molar-refractivity contribution in [1.29, 1.82) is 0 Å². The average Bonchev–Trinajstić information content (AvgIpc) is 2.65. The van der Waals surface area contributed by atoms with Gasteiger partial charge in [-0.1, -0.05) is 12.1 Å². The molecule has 159 valence electrons. The molecule has 31 heavy (non-hydrogen) atoms. The third-order valence-electron chi connectivity index (χ3n) is 5.00. The zero-order valence-corrected chi connectivity index (χ0v) is 18.3. The molecule has 1 radical (unpaired) electrons. The molecule has 0 aliphatic rings. The van der Waals surface area contributed by atoms with E-state index in [2.05, 4.69) is 0 Å². The quantitative estimate of drug-likeness (QED) is 0.584. The maximum atomic E-state index is 12.5. The summed E-state index contributed by atoms with van der Waals surface area (Å²) < 4.78 is 0. The van der Waals surface area contributed by atoms with Gasteiger partial charge < -0.3 is 0 Å². The number of benzene rings is 2. The van der Waals surface area contributed by atoms with E-state index < -0.39 is 11.6 Å². The minimum absolute atomic E-state index is 0.0254. The summed E-state index contributed by atoms with van der Waals surface area (Å²) in [6.07, 6.45) is 1.39. The van der Waals surface area contributed by atoms with E-state index in [-0.39, 0.29) is 67.6 Å². The van der Waals surface area contributed by atoms with Crippen molar-refractivity contribution in [3.8, 4) is 0 Å². The highest BCUT2D eigenvalue weighted by Crippen LogP contribution is 2.31. The normalized spacial score (nSPS) is 10.5. The highest BCUT2D eigenvalue weighted by Gasteiger charge is 2.26. The van der Waals surface area contributed by atoms with Gasteiger partial charge in [-0.3, -0.25) is 28.8 Å². The van der Waals surface area contributed by atoms with Crippen LogP contribution in [0.1, 0.15) is 115 Å². The lowest BCUT2D eigenvalue weighted by Gasteiger charge is -2.19. The minimum atomic E-state index is -0.448. The highest BCUT2D eigenvalue weighted by atomic mass is 16.1. The Kier molecular flexibility index (Phi) is 6.95. The second-order valence-corrected chi connectivity index (χ2v) is 7.38. The standard InChI is InChI=1S/C25H23O6/c1-12(26)18-7-9-20(14(3)28)24(16(5)30)22(18)11-23-19(13(2)27)8-10-21(15(4)29)25(23)17(6)31/h7-11H,1-6H3. The first-order chi connectivity index (χ1) is 14.4. The van der Waals surface area contributed by atoms with Gasteiger partial charge in [-0.15, -0.1) is 0 Å². The van der Waals surface area contributed by atoms with Gasteiger partial charge in [0.2, 0.25) is 0 Å². The summed E-state index contributed by atoms with van der Waals surface area (Å²) in [6.45, 7) is 7.77. The number of hydrogen-bond donors (Lipinski definition) is 0. The molecule has 0 spiro atoms. The van der Waals surface area contributed by atoms with Gasteiger partial charge >= 0.3 is 0 Å². The Hall–Kier alpha value is -3.54. The van der Waals surface area contributed by atoms with Crippen LogP contribution in [0.15, 0.2) is 24.3 Å². The molecule has 2 aromatic rings. The van der Waals surface area contributed by atoms with Gasteiger partial charge in [0, 0.05) is 39.8 Å². The predicted molar refractivity (Wildman–Crippen MR) is 115 cm³/mol. The van der Waals surface area contributed by atoms with Gasteiger partial charge in [-0.2, -0.15) is 0 Å². The van der Waals surface area contributed by atoms with Crippen LogP contribution in [0.3, 0.4) is 0 Å². The van der Waals surface area contributed by atoms with Gasteiger partial charge in [-0.05, 0) is 64.8 Å². The summed E-state index contributed by atoms with van der Waals surface area (Å²) in [5.41, 5.74) is 0.895. The van der Waals surface area contributed by atoms with E-state index in [1.54, 1.807) is 0 Å². The number of ketones is 6. The zero-order valence-electron chi connectivity index (χ0n) is 18.3. The second-order valence-electron chi connectivity index (χ2n) is 7.38. The van der Waals surface area contributed by atoms with Gasteiger partial charge in [0.25, 0.3) is 0 Å². The lowest BCUT2D eigenvalue weighted by atomic mass is 9.82. The topological polar surface area (TPSA) is 102 Å².